The van der Waals surface area contributed by atoms with Gasteiger partial charge in [0.15, 0.2) is 5.69 Å². The molecule has 0 saturated carbocycles. The number of carbonyl (C=O) groups is 1. The van der Waals surface area contributed by atoms with Crippen LogP contribution in [0.1, 0.15) is 26.7 Å². The summed E-state index contributed by atoms with van der Waals surface area (Å²) in [5, 5.41) is 4.54. The van der Waals surface area contributed by atoms with Crippen molar-refractivity contribution in [2.24, 2.45) is 10.9 Å². The third kappa shape index (κ3) is 1.83. The molecule has 4 nitrogen and oxygen atoms in total. The molecule has 0 saturated heterocycles. The molecule has 0 aliphatic carbocycles. The molecule has 1 aromatic rings. The number of nitrogens with zero attached hydrogens (tertiary/aromatic N) is 2. The van der Waals surface area contributed by atoms with Gasteiger partial charge in [-0.05, 0) is 24.2 Å². The van der Waals surface area contributed by atoms with Crippen LogP contribution in [0.2, 0.25) is 0 Å². The predicted octanol–water partition coefficient (Wildman–Crippen LogP) is 2.68. The van der Waals surface area contributed by atoms with Crippen molar-refractivity contribution in [2.75, 3.05) is 6.54 Å². The second-order valence-electron chi connectivity index (χ2n) is 4.39. The topological polar surface area (TPSA) is 55.5 Å². The standard InChI is InChI=1S/C13H18N3OS/c1-3-4-9-16(10(2)17)11-7-5-6-8-12(11)18-13(16)15-14/h5-8H,3-4,9,14H2,1-2H3/q+1. The van der Waals surface area contributed by atoms with Crippen molar-refractivity contribution in [1.29, 1.82) is 0 Å². The lowest BCUT2D eigenvalue weighted by Crippen LogP contribution is -2.55. The third-order valence-electron chi connectivity index (χ3n) is 3.30. The summed E-state index contributed by atoms with van der Waals surface area (Å²) in [6.07, 6.45) is 2.01. The van der Waals surface area contributed by atoms with Gasteiger partial charge in [0.2, 0.25) is 0 Å². The van der Waals surface area contributed by atoms with E-state index in [4.69, 9.17) is 5.84 Å². The van der Waals surface area contributed by atoms with Gasteiger partial charge >= 0.3 is 5.91 Å². The number of amides is 1. The predicted molar refractivity (Wildman–Crippen MR) is 76.2 cm³/mol. The highest BCUT2D eigenvalue weighted by molar-refractivity contribution is 8.14. The molecule has 0 fully saturated rings. The minimum Gasteiger partial charge on any atom is -0.317 e. The van der Waals surface area contributed by atoms with Crippen molar-refractivity contribution in [3.63, 3.8) is 0 Å². The number of hydrazone groups is 1. The van der Waals surface area contributed by atoms with Gasteiger partial charge in [0.25, 0.3) is 5.17 Å². The molecule has 0 bridgehead atoms. The van der Waals surface area contributed by atoms with Gasteiger partial charge < -0.3 is 5.84 Å². The number of carbonyl (C=O) groups excluding carboxylic acids is 1. The number of unbranched alkanes of at least 4 members (excludes halogenated alkanes) is 1. The molecule has 1 aliphatic rings. The Labute approximate surface area is 111 Å². The van der Waals surface area contributed by atoms with E-state index >= 15 is 0 Å². The van der Waals surface area contributed by atoms with Crippen LogP contribution in [-0.4, -0.2) is 17.6 Å². The number of quaternary nitrogens is 1. The normalized spacial score (nSPS) is 24.2. The van der Waals surface area contributed by atoms with Crippen LogP contribution in [0.5, 0.6) is 0 Å². The Bertz CT molecular complexity index is 501. The first kappa shape index (κ1) is 13.1. The Kier molecular flexibility index (Phi) is 3.73. The molecule has 0 radical (unpaired) electrons. The second-order valence-corrected chi connectivity index (χ2v) is 5.40. The maximum absolute atomic E-state index is 12.2. The van der Waals surface area contributed by atoms with Gasteiger partial charge in [-0.2, -0.15) is 4.48 Å². The molecule has 0 spiro atoms. The van der Waals surface area contributed by atoms with E-state index in [0.717, 1.165) is 30.0 Å². The monoisotopic (exact) mass is 264 g/mol. The van der Waals surface area contributed by atoms with E-state index in [2.05, 4.69) is 12.0 Å². The van der Waals surface area contributed by atoms with E-state index in [-0.39, 0.29) is 10.4 Å². The fourth-order valence-corrected chi connectivity index (χ4v) is 3.53. The summed E-state index contributed by atoms with van der Waals surface area (Å²) in [5.41, 5.74) is 1.01. The lowest BCUT2D eigenvalue weighted by Gasteiger charge is -2.28. The molecule has 1 heterocycles. The van der Waals surface area contributed by atoms with Crippen LogP contribution in [0, 0.1) is 0 Å². The van der Waals surface area contributed by atoms with Gasteiger partial charge in [-0.1, -0.05) is 25.5 Å². The first-order chi connectivity index (χ1) is 8.66. The Hall–Kier alpha value is -1.33. The van der Waals surface area contributed by atoms with E-state index < -0.39 is 0 Å². The number of rotatable bonds is 3. The van der Waals surface area contributed by atoms with Crippen molar-refractivity contribution >= 4 is 28.5 Å². The minimum absolute atomic E-state index is 0.0742. The first-order valence-electron chi connectivity index (χ1n) is 6.12. The lowest BCUT2D eigenvalue weighted by molar-refractivity contribution is -0.124. The van der Waals surface area contributed by atoms with Crippen molar-refractivity contribution in [2.45, 2.75) is 31.6 Å². The number of nitrogens with two attached hydrogens (primary N) is 1. The second kappa shape index (κ2) is 5.12. The summed E-state index contributed by atoms with van der Waals surface area (Å²) in [5.74, 6) is 5.57. The number of para-hydroxylation sites is 1. The highest BCUT2D eigenvalue weighted by Crippen LogP contribution is 2.45. The molecule has 5 heteroatoms. The fraction of sp³-hybridized carbons (Fsp3) is 0.385. The van der Waals surface area contributed by atoms with Crippen LogP contribution < -0.4 is 10.3 Å². The van der Waals surface area contributed by atoms with Crippen LogP contribution in [0.4, 0.5) is 5.69 Å². The summed E-state index contributed by atoms with van der Waals surface area (Å²) in [6.45, 7) is 4.46. The van der Waals surface area contributed by atoms with E-state index in [1.807, 2.05) is 24.3 Å². The van der Waals surface area contributed by atoms with Crippen molar-refractivity contribution < 1.29 is 4.79 Å². The number of thioether (sulfide) groups is 1. The molecule has 1 aliphatic heterocycles. The van der Waals surface area contributed by atoms with Crippen LogP contribution in [0.3, 0.4) is 0 Å². The van der Waals surface area contributed by atoms with Crippen LogP contribution >= 0.6 is 11.8 Å². The summed E-state index contributed by atoms with van der Waals surface area (Å²) in [6, 6.07) is 7.94. The van der Waals surface area contributed by atoms with Gasteiger partial charge in [0, 0.05) is 6.07 Å². The Balaban J connectivity index is 2.57. The molecule has 2 N–H and O–H groups in total. The summed E-state index contributed by atoms with van der Waals surface area (Å²) in [4.78, 5) is 13.3. The molecule has 1 aromatic carbocycles. The SMILES string of the molecule is CCCC[N+]1(C(C)=O)C(=NN)Sc2ccccc21. The molecule has 1 unspecified atom stereocenters. The Morgan fingerprint density at radius 1 is 1.44 bits per heavy atom. The number of amidine groups is 1. The maximum atomic E-state index is 12.2. The summed E-state index contributed by atoms with van der Waals surface area (Å²) >= 11 is 1.50. The van der Waals surface area contributed by atoms with Crippen molar-refractivity contribution in [3.8, 4) is 0 Å². The van der Waals surface area contributed by atoms with Gasteiger partial charge in [0.1, 0.15) is 0 Å². The zero-order valence-electron chi connectivity index (χ0n) is 10.7. The molecule has 1 amide bonds. The zero-order chi connectivity index (χ0) is 13.2. The highest BCUT2D eigenvalue weighted by atomic mass is 32.2. The van der Waals surface area contributed by atoms with E-state index in [9.17, 15) is 4.79 Å². The maximum Gasteiger partial charge on any atom is 0.322 e. The van der Waals surface area contributed by atoms with Gasteiger partial charge in [-0.3, -0.25) is 0 Å². The number of fused-ring (bicyclic) bond motifs is 1. The molecule has 2 rings (SSSR count). The van der Waals surface area contributed by atoms with E-state index in [0.29, 0.717) is 5.17 Å². The Morgan fingerprint density at radius 3 is 2.78 bits per heavy atom. The van der Waals surface area contributed by atoms with Crippen molar-refractivity contribution in [3.05, 3.63) is 24.3 Å². The lowest BCUT2D eigenvalue weighted by atomic mass is 10.2. The minimum atomic E-state index is 0.0742. The average molecular weight is 264 g/mol. The number of benzene rings is 1. The fourth-order valence-electron chi connectivity index (χ4n) is 2.34. The largest absolute Gasteiger partial charge is 0.322 e. The molecule has 1 atom stereocenters. The van der Waals surface area contributed by atoms with Crippen LogP contribution in [0.15, 0.2) is 34.3 Å². The molecule has 18 heavy (non-hydrogen) atoms. The van der Waals surface area contributed by atoms with Gasteiger partial charge in [-0.15, -0.1) is 5.10 Å². The summed E-state index contributed by atoms with van der Waals surface area (Å²) in [7, 11) is 0. The van der Waals surface area contributed by atoms with Crippen molar-refractivity contribution in [1.82, 2.24) is 4.48 Å². The zero-order valence-corrected chi connectivity index (χ0v) is 11.5. The van der Waals surface area contributed by atoms with Crippen LogP contribution in [0.25, 0.3) is 0 Å². The first-order valence-corrected chi connectivity index (χ1v) is 6.93. The van der Waals surface area contributed by atoms with Gasteiger partial charge in [0.05, 0.1) is 18.4 Å². The Morgan fingerprint density at radius 2 is 2.17 bits per heavy atom. The smallest absolute Gasteiger partial charge is 0.317 e. The number of hydrogen-bond acceptors (Lipinski definition) is 4. The van der Waals surface area contributed by atoms with Gasteiger partial charge in [-0.25, -0.2) is 4.79 Å². The highest BCUT2D eigenvalue weighted by Gasteiger charge is 2.49. The number of hydrogen-bond donors (Lipinski definition) is 1. The quantitative estimate of drug-likeness (QED) is 0.519. The van der Waals surface area contributed by atoms with E-state index in [1.165, 1.54) is 11.8 Å². The van der Waals surface area contributed by atoms with E-state index in [1.54, 1.807) is 6.92 Å². The molecular formula is C13H18N3OS+. The average Bonchev–Trinajstić information content (AvgIpc) is 2.71. The molecule has 96 valence electrons. The summed E-state index contributed by atoms with van der Waals surface area (Å²) < 4.78 is 0.172. The molecular weight excluding hydrogens is 246 g/mol. The van der Waals surface area contributed by atoms with Crippen LogP contribution in [-0.2, 0) is 4.79 Å². The third-order valence-corrected chi connectivity index (χ3v) is 4.46. The molecule has 0 aromatic heterocycles.